The van der Waals surface area contributed by atoms with Gasteiger partial charge in [0.05, 0.1) is 31.0 Å². The van der Waals surface area contributed by atoms with Crippen LogP contribution in [0.3, 0.4) is 0 Å². The molecule has 5 heterocycles. The minimum Gasteiger partial charge on any atom is -0.454 e. The van der Waals surface area contributed by atoms with E-state index in [1.165, 1.54) is 11.3 Å². The first-order chi connectivity index (χ1) is 17.6. The molecule has 1 aromatic carbocycles. The molecule has 0 aliphatic carbocycles. The summed E-state index contributed by atoms with van der Waals surface area (Å²) in [7, 11) is 0. The average Bonchev–Trinajstić information content (AvgIpc) is 3.58. The van der Waals surface area contributed by atoms with Crippen molar-refractivity contribution in [3.8, 4) is 17.2 Å². The molecule has 2 atom stereocenters. The predicted molar refractivity (Wildman–Crippen MR) is 141 cm³/mol. The lowest BCUT2D eigenvalue weighted by Gasteiger charge is -2.32. The van der Waals surface area contributed by atoms with Crippen LogP contribution in [-0.4, -0.2) is 70.6 Å². The fourth-order valence-corrected chi connectivity index (χ4v) is 5.90. The van der Waals surface area contributed by atoms with Gasteiger partial charge < -0.3 is 29.0 Å². The van der Waals surface area contributed by atoms with Crippen molar-refractivity contribution in [2.45, 2.75) is 25.9 Å². The van der Waals surface area contributed by atoms with Crippen molar-refractivity contribution < 1.29 is 14.2 Å². The van der Waals surface area contributed by atoms with Gasteiger partial charge >= 0.3 is 0 Å². The Morgan fingerprint density at radius 2 is 1.86 bits per heavy atom. The number of morpholine rings is 1. The Hall–Kier alpha value is -3.14. The Bertz CT molecular complexity index is 1260. The lowest BCUT2D eigenvalue weighted by molar-refractivity contribution is 0.0350. The van der Waals surface area contributed by atoms with Crippen molar-refractivity contribution in [3.63, 3.8) is 0 Å². The van der Waals surface area contributed by atoms with E-state index in [1.807, 2.05) is 24.4 Å². The highest BCUT2D eigenvalue weighted by atomic mass is 32.1. The quantitative estimate of drug-likeness (QED) is 0.511. The normalized spacial score (nSPS) is 21.7. The topological polar surface area (TPSA) is 64.0 Å². The van der Waals surface area contributed by atoms with Crippen LogP contribution in [0.4, 0.5) is 0 Å². The van der Waals surface area contributed by atoms with Crippen molar-refractivity contribution in [2.75, 3.05) is 46.2 Å². The first-order valence-corrected chi connectivity index (χ1v) is 12.9. The zero-order valence-electron chi connectivity index (χ0n) is 20.6. The smallest absolute Gasteiger partial charge is 0.231 e. The lowest BCUT2D eigenvalue weighted by atomic mass is 9.96. The Balaban J connectivity index is 1.37. The van der Waals surface area contributed by atoms with E-state index >= 15 is 0 Å². The second-order valence-electron chi connectivity index (χ2n) is 9.47. The highest BCUT2D eigenvalue weighted by Crippen LogP contribution is 2.42. The van der Waals surface area contributed by atoms with Gasteiger partial charge in [0.1, 0.15) is 0 Å². The van der Waals surface area contributed by atoms with Crippen LogP contribution in [0.5, 0.6) is 11.5 Å². The van der Waals surface area contributed by atoms with Gasteiger partial charge in [0.15, 0.2) is 16.6 Å². The summed E-state index contributed by atoms with van der Waals surface area (Å²) >= 11 is 5.90. The van der Waals surface area contributed by atoms with Gasteiger partial charge in [0, 0.05) is 55.5 Å². The summed E-state index contributed by atoms with van der Waals surface area (Å²) in [6, 6.07) is 14.5. The third-order valence-electron chi connectivity index (χ3n) is 7.36. The summed E-state index contributed by atoms with van der Waals surface area (Å²) < 4.78 is 19.0. The highest BCUT2D eigenvalue weighted by molar-refractivity contribution is 7.80. The second-order valence-corrected chi connectivity index (χ2v) is 9.86. The molecule has 0 unspecified atom stereocenters. The number of fused-ring (bicyclic) bond motifs is 1. The fourth-order valence-electron chi connectivity index (χ4n) is 5.57. The molecular formula is C27H31N5O3S. The van der Waals surface area contributed by atoms with Crippen LogP contribution in [0.25, 0.3) is 5.69 Å². The molecule has 2 aromatic heterocycles. The van der Waals surface area contributed by atoms with Crippen molar-refractivity contribution in [1.82, 2.24) is 24.7 Å². The number of thiocarbonyl (C=S) groups is 1. The van der Waals surface area contributed by atoms with E-state index in [9.17, 15) is 0 Å². The summed E-state index contributed by atoms with van der Waals surface area (Å²) in [4.78, 5) is 9.49. The van der Waals surface area contributed by atoms with Crippen LogP contribution in [-0.2, 0) is 4.74 Å². The van der Waals surface area contributed by atoms with Gasteiger partial charge in [-0.15, -0.1) is 0 Å². The van der Waals surface area contributed by atoms with Crippen LogP contribution in [0.2, 0.25) is 0 Å². The highest BCUT2D eigenvalue weighted by Gasteiger charge is 2.41. The van der Waals surface area contributed by atoms with Crippen molar-refractivity contribution >= 4 is 17.3 Å². The van der Waals surface area contributed by atoms with E-state index < -0.39 is 0 Å². The van der Waals surface area contributed by atoms with Gasteiger partial charge in [0.25, 0.3) is 0 Å². The number of aromatic nitrogens is 2. The molecule has 2 saturated heterocycles. The summed E-state index contributed by atoms with van der Waals surface area (Å²) in [5.74, 6) is 1.57. The van der Waals surface area contributed by atoms with E-state index in [0.717, 1.165) is 73.1 Å². The number of benzene rings is 1. The van der Waals surface area contributed by atoms with Gasteiger partial charge in [-0.25, -0.2) is 0 Å². The average molecular weight is 506 g/mol. The zero-order chi connectivity index (χ0) is 24.6. The van der Waals surface area contributed by atoms with E-state index in [2.05, 4.69) is 57.8 Å². The molecule has 0 bridgehead atoms. The number of rotatable bonds is 6. The third kappa shape index (κ3) is 4.21. The van der Waals surface area contributed by atoms with E-state index in [1.54, 1.807) is 0 Å². The Morgan fingerprint density at radius 1 is 1.03 bits per heavy atom. The minimum atomic E-state index is -0.0332. The van der Waals surface area contributed by atoms with Crippen molar-refractivity contribution in [3.05, 3.63) is 71.3 Å². The summed E-state index contributed by atoms with van der Waals surface area (Å²) in [6.45, 7) is 9.88. The number of hydrogen-bond donors (Lipinski definition) is 1. The van der Waals surface area contributed by atoms with Gasteiger partial charge in [-0.05, 0) is 62.0 Å². The van der Waals surface area contributed by atoms with Crippen LogP contribution in [0, 0.1) is 13.8 Å². The van der Waals surface area contributed by atoms with Gasteiger partial charge in [-0.3, -0.25) is 9.88 Å². The van der Waals surface area contributed by atoms with Crippen LogP contribution < -0.4 is 14.8 Å². The van der Waals surface area contributed by atoms with Crippen LogP contribution in [0.1, 0.15) is 34.7 Å². The predicted octanol–water partition coefficient (Wildman–Crippen LogP) is 3.52. The zero-order valence-corrected chi connectivity index (χ0v) is 21.5. The third-order valence-corrected chi connectivity index (χ3v) is 7.71. The molecular weight excluding hydrogens is 474 g/mol. The molecule has 0 amide bonds. The van der Waals surface area contributed by atoms with E-state index in [-0.39, 0.29) is 18.9 Å². The standard InChI is InChI=1S/C27H31N5O3S/c1-18-15-21(19(2)32(18)20-6-7-23-24(16-20)35-17-34-23)26-25(22-5-3-4-8-28-22)29-27(36)31(26)10-9-30-11-13-33-14-12-30/h3-8,15-16,25-26H,9-14,17H2,1-2H3,(H,29,36)/t25-,26+/m1/s1. The monoisotopic (exact) mass is 505 g/mol. The maximum atomic E-state index is 5.90. The maximum absolute atomic E-state index is 5.90. The number of aryl methyl sites for hydroxylation is 1. The molecule has 9 heteroatoms. The molecule has 3 aliphatic heterocycles. The summed E-state index contributed by atoms with van der Waals surface area (Å²) in [5.41, 5.74) is 5.64. The molecule has 1 N–H and O–H groups in total. The molecule has 8 nitrogen and oxygen atoms in total. The molecule has 0 saturated carbocycles. The summed E-state index contributed by atoms with van der Waals surface area (Å²) in [6.07, 6.45) is 1.85. The lowest BCUT2D eigenvalue weighted by Crippen LogP contribution is -2.42. The van der Waals surface area contributed by atoms with E-state index in [0.29, 0.717) is 0 Å². The molecule has 36 heavy (non-hydrogen) atoms. The molecule has 3 aromatic rings. The SMILES string of the molecule is Cc1cc([C@H]2[C@@H](c3ccccn3)NC(=S)N2CCN2CCOCC2)c(C)n1-c1ccc2c(c1)OCO2. The van der Waals surface area contributed by atoms with Gasteiger partial charge in [-0.1, -0.05) is 6.07 Å². The van der Waals surface area contributed by atoms with Gasteiger partial charge in [-0.2, -0.15) is 0 Å². The molecule has 0 radical (unpaired) electrons. The Labute approximate surface area is 216 Å². The van der Waals surface area contributed by atoms with Gasteiger partial charge in [0.2, 0.25) is 6.79 Å². The first-order valence-electron chi connectivity index (χ1n) is 12.5. The van der Waals surface area contributed by atoms with E-state index in [4.69, 9.17) is 31.4 Å². The molecule has 3 aliphatic rings. The number of nitrogens with zero attached hydrogens (tertiary/aromatic N) is 4. The van der Waals surface area contributed by atoms with Crippen molar-refractivity contribution in [1.29, 1.82) is 0 Å². The second kappa shape index (κ2) is 9.72. The first kappa shape index (κ1) is 23.3. The maximum Gasteiger partial charge on any atom is 0.231 e. The fraction of sp³-hybridized carbons (Fsp3) is 0.407. The van der Waals surface area contributed by atoms with Crippen molar-refractivity contribution in [2.24, 2.45) is 0 Å². The largest absolute Gasteiger partial charge is 0.454 e. The molecule has 188 valence electrons. The number of ether oxygens (including phenoxy) is 3. The van der Waals surface area contributed by atoms with Crippen LogP contribution in [0.15, 0.2) is 48.7 Å². The molecule has 0 spiro atoms. The summed E-state index contributed by atoms with van der Waals surface area (Å²) in [5, 5.41) is 4.37. The minimum absolute atomic E-state index is 0.0300. The number of hydrogen-bond acceptors (Lipinski definition) is 6. The molecule has 2 fully saturated rings. The number of nitrogens with one attached hydrogen (secondary N) is 1. The Kier molecular flexibility index (Phi) is 6.29. The molecule has 6 rings (SSSR count). The number of pyridine rings is 1. The van der Waals surface area contributed by atoms with Crippen LogP contribution >= 0.6 is 12.2 Å². The Morgan fingerprint density at radius 3 is 2.67 bits per heavy atom.